The first-order valence-corrected chi connectivity index (χ1v) is 7.75. The fraction of sp³-hybridized carbons (Fsp3) is 0.368. The van der Waals surface area contributed by atoms with Gasteiger partial charge >= 0.3 is 0 Å². The van der Waals surface area contributed by atoms with E-state index >= 15 is 0 Å². The number of benzene rings is 2. The molecule has 1 unspecified atom stereocenters. The van der Waals surface area contributed by atoms with Gasteiger partial charge in [0.15, 0.2) is 11.5 Å². The van der Waals surface area contributed by atoms with Gasteiger partial charge in [-0.2, -0.15) is 0 Å². The van der Waals surface area contributed by atoms with Crippen molar-refractivity contribution in [3.05, 3.63) is 48.0 Å². The molecule has 0 radical (unpaired) electrons. The minimum atomic E-state index is 0.546. The van der Waals surface area contributed by atoms with Crippen molar-refractivity contribution in [3.8, 4) is 22.6 Å². The van der Waals surface area contributed by atoms with Crippen LogP contribution in [-0.2, 0) is 0 Å². The summed E-state index contributed by atoms with van der Waals surface area (Å²) in [5.41, 5.74) is 9.35. The van der Waals surface area contributed by atoms with Crippen molar-refractivity contribution in [2.75, 3.05) is 20.8 Å². The zero-order chi connectivity index (χ0) is 15.9. The van der Waals surface area contributed by atoms with E-state index in [1.165, 1.54) is 11.1 Å². The lowest BCUT2D eigenvalue weighted by molar-refractivity contribution is 0.355. The van der Waals surface area contributed by atoms with Crippen molar-refractivity contribution in [2.24, 2.45) is 5.73 Å². The monoisotopic (exact) mass is 299 g/mol. The predicted molar refractivity (Wildman–Crippen MR) is 91.7 cm³/mol. The Morgan fingerprint density at radius 2 is 1.55 bits per heavy atom. The third kappa shape index (κ3) is 3.60. The number of hydrogen-bond acceptors (Lipinski definition) is 3. The maximum atomic E-state index is 5.70. The third-order valence-corrected chi connectivity index (χ3v) is 4.11. The molecule has 0 aliphatic rings. The summed E-state index contributed by atoms with van der Waals surface area (Å²) in [5.74, 6) is 2.04. The summed E-state index contributed by atoms with van der Waals surface area (Å²) in [4.78, 5) is 0. The molecule has 0 spiro atoms. The highest BCUT2D eigenvalue weighted by molar-refractivity contribution is 5.67. The van der Waals surface area contributed by atoms with E-state index < -0.39 is 0 Å². The Labute approximate surface area is 133 Å². The molecule has 0 heterocycles. The van der Waals surface area contributed by atoms with Crippen LogP contribution in [0.3, 0.4) is 0 Å². The molecule has 2 aromatic rings. The van der Waals surface area contributed by atoms with Gasteiger partial charge in [-0.1, -0.05) is 37.3 Å². The predicted octanol–water partition coefficient (Wildman–Crippen LogP) is 4.21. The molecule has 1 atom stereocenters. The largest absolute Gasteiger partial charge is 0.493 e. The molecule has 0 saturated carbocycles. The molecule has 0 amide bonds. The van der Waals surface area contributed by atoms with Crippen molar-refractivity contribution in [2.45, 2.75) is 25.7 Å². The van der Waals surface area contributed by atoms with Crippen LogP contribution in [0.1, 0.15) is 31.2 Å². The Bertz CT molecular complexity index is 593. The van der Waals surface area contributed by atoms with Gasteiger partial charge in [-0.05, 0) is 54.1 Å². The minimum Gasteiger partial charge on any atom is -0.493 e. The summed E-state index contributed by atoms with van der Waals surface area (Å²) in [5, 5.41) is 0. The quantitative estimate of drug-likeness (QED) is 0.832. The molecular formula is C19H25NO2. The molecule has 22 heavy (non-hydrogen) atoms. The lowest BCUT2D eigenvalue weighted by Crippen LogP contribution is -2.06. The minimum absolute atomic E-state index is 0.546. The molecular weight excluding hydrogens is 274 g/mol. The van der Waals surface area contributed by atoms with Gasteiger partial charge in [0.05, 0.1) is 14.2 Å². The van der Waals surface area contributed by atoms with Gasteiger partial charge in [-0.25, -0.2) is 0 Å². The van der Waals surface area contributed by atoms with Crippen LogP contribution in [0.4, 0.5) is 0 Å². The molecule has 0 aliphatic carbocycles. The van der Waals surface area contributed by atoms with E-state index in [0.29, 0.717) is 5.92 Å². The standard InChI is InChI=1S/C19H25NO2/c1-4-14(11-12-20)15-5-7-16(8-6-15)17-9-10-18(21-2)19(13-17)22-3/h5-10,13-14H,4,11-12,20H2,1-3H3. The molecule has 0 aromatic heterocycles. The van der Waals surface area contributed by atoms with E-state index in [9.17, 15) is 0 Å². The van der Waals surface area contributed by atoms with Crippen LogP contribution >= 0.6 is 0 Å². The maximum absolute atomic E-state index is 5.70. The number of rotatable bonds is 7. The lowest BCUT2D eigenvalue weighted by atomic mass is 9.92. The van der Waals surface area contributed by atoms with E-state index in [1.807, 2.05) is 18.2 Å². The number of hydrogen-bond donors (Lipinski definition) is 1. The number of ether oxygens (including phenoxy) is 2. The van der Waals surface area contributed by atoms with Crippen LogP contribution in [0.15, 0.2) is 42.5 Å². The van der Waals surface area contributed by atoms with Gasteiger partial charge in [0, 0.05) is 0 Å². The molecule has 0 bridgehead atoms. The Kier molecular flexibility index (Phi) is 5.84. The van der Waals surface area contributed by atoms with Crippen LogP contribution < -0.4 is 15.2 Å². The molecule has 118 valence electrons. The van der Waals surface area contributed by atoms with Crippen LogP contribution in [0, 0.1) is 0 Å². The summed E-state index contributed by atoms with van der Waals surface area (Å²) >= 11 is 0. The maximum Gasteiger partial charge on any atom is 0.161 e. The zero-order valence-electron chi connectivity index (χ0n) is 13.6. The van der Waals surface area contributed by atoms with Gasteiger partial charge in [0.25, 0.3) is 0 Å². The van der Waals surface area contributed by atoms with Crippen molar-refractivity contribution in [3.63, 3.8) is 0 Å². The fourth-order valence-electron chi connectivity index (χ4n) is 2.77. The molecule has 3 nitrogen and oxygen atoms in total. The topological polar surface area (TPSA) is 44.5 Å². The normalized spacial score (nSPS) is 12.0. The number of methoxy groups -OCH3 is 2. The molecule has 0 aliphatic heterocycles. The summed E-state index contributed by atoms with van der Waals surface area (Å²) in [6, 6.07) is 14.7. The molecule has 0 saturated heterocycles. The highest BCUT2D eigenvalue weighted by atomic mass is 16.5. The van der Waals surface area contributed by atoms with Crippen molar-refractivity contribution in [1.82, 2.24) is 0 Å². The summed E-state index contributed by atoms with van der Waals surface area (Å²) in [6.45, 7) is 2.94. The Morgan fingerprint density at radius 1 is 0.909 bits per heavy atom. The number of nitrogens with two attached hydrogens (primary N) is 1. The molecule has 3 heteroatoms. The highest BCUT2D eigenvalue weighted by Gasteiger charge is 2.10. The summed E-state index contributed by atoms with van der Waals surface area (Å²) in [7, 11) is 3.30. The van der Waals surface area contributed by atoms with Gasteiger partial charge in [-0.3, -0.25) is 0 Å². The van der Waals surface area contributed by atoms with Crippen LogP contribution in [0.2, 0.25) is 0 Å². The van der Waals surface area contributed by atoms with Crippen LogP contribution in [-0.4, -0.2) is 20.8 Å². The van der Waals surface area contributed by atoms with Crippen molar-refractivity contribution >= 4 is 0 Å². The average molecular weight is 299 g/mol. The summed E-state index contributed by atoms with van der Waals surface area (Å²) < 4.78 is 10.7. The fourth-order valence-corrected chi connectivity index (χ4v) is 2.77. The first-order chi connectivity index (χ1) is 10.7. The lowest BCUT2D eigenvalue weighted by Gasteiger charge is -2.15. The molecule has 2 rings (SSSR count). The highest BCUT2D eigenvalue weighted by Crippen LogP contribution is 2.33. The molecule has 2 aromatic carbocycles. The van der Waals surface area contributed by atoms with Gasteiger partial charge in [0.1, 0.15) is 0 Å². The van der Waals surface area contributed by atoms with Crippen molar-refractivity contribution < 1.29 is 9.47 Å². The second-order valence-corrected chi connectivity index (χ2v) is 5.37. The second-order valence-electron chi connectivity index (χ2n) is 5.37. The van der Waals surface area contributed by atoms with Crippen molar-refractivity contribution in [1.29, 1.82) is 0 Å². The van der Waals surface area contributed by atoms with E-state index in [4.69, 9.17) is 15.2 Å². The van der Waals surface area contributed by atoms with Gasteiger partial charge in [-0.15, -0.1) is 0 Å². The molecule has 2 N–H and O–H groups in total. The molecule has 0 fully saturated rings. The van der Waals surface area contributed by atoms with Gasteiger partial charge in [0.2, 0.25) is 0 Å². The van der Waals surface area contributed by atoms with Crippen LogP contribution in [0.5, 0.6) is 11.5 Å². The first-order valence-electron chi connectivity index (χ1n) is 7.75. The SMILES string of the molecule is CCC(CCN)c1ccc(-c2ccc(OC)c(OC)c2)cc1. The van der Waals surface area contributed by atoms with E-state index in [0.717, 1.165) is 36.4 Å². The second kappa shape index (κ2) is 7.85. The van der Waals surface area contributed by atoms with E-state index in [-0.39, 0.29) is 0 Å². The smallest absolute Gasteiger partial charge is 0.161 e. The third-order valence-electron chi connectivity index (χ3n) is 4.11. The van der Waals surface area contributed by atoms with Crippen LogP contribution in [0.25, 0.3) is 11.1 Å². The first kappa shape index (κ1) is 16.4. The Hall–Kier alpha value is -2.00. The zero-order valence-corrected chi connectivity index (χ0v) is 13.6. The van der Waals surface area contributed by atoms with Gasteiger partial charge < -0.3 is 15.2 Å². The van der Waals surface area contributed by atoms with E-state index in [1.54, 1.807) is 14.2 Å². The Balaban J connectivity index is 2.26. The Morgan fingerprint density at radius 3 is 2.09 bits per heavy atom. The summed E-state index contributed by atoms with van der Waals surface area (Å²) in [6.07, 6.45) is 2.15. The van der Waals surface area contributed by atoms with E-state index in [2.05, 4.69) is 31.2 Å². The average Bonchev–Trinajstić information content (AvgIpc) is 2.59.